The molecule has 0 N–H and O–H groups in total. The number of aryl methyl sites for hydroxylation is 3. The molecule has 1 fully saturated rings. The highest BCUT2D eigenvalue weighted by Crippen LogP contribution is 2.30. The fourth-order valence-corrected chi connectivity index (χ4v) is 3.99. The van der Waals surface area contributed by atoms with Crippen LogP contribution in [0.4, 0.5) is 0 Å². The lowest BCUT2D eigenvalue weighted by Crippen LogP contribution is -2.10. The van der Waals surface area contributed by atoms with Gasteiger partial charge in [0.05, 0.1) is 0 Å². The van der Waals surface area contributed by atoms with Crippen molar-refractivity contribution in [2.24, 2.45) is 11.8 Å². The molecule has 1 aliphatic carbocycles. The molecule has 118 valence electrons. The first-order chi connectivity index (χ1) is 10.2. The van der Waals surface area contributed by atoms with Crippen LogP contribution in [0, 0.1) is 18.8 Å². The van der Waals surface area contributed by atoms with Crippen molar-refractivity contribution in [2.75, 3.05) is 0 Å². The average molecular weight is 287 g/mol. The van der Waals surface area contributed by atoms with Gasteiger partial charge in [0.1, 0.15) is 0 Å². The fraction of sp³-hybridized carbons (Fsp3) is 0.714. The number of hydrogen-bond donors (Lipinski definition) is 0. The monoisotopic (exact) mass is 286 g/mol. The first-order valence-corrected chi connectivity index (χ1v) is 9.31. The summed E-state index contributed by atoms with van der Waals surface area (Å²) in [7, 11) is 0. The lowest BCUT2D eigenvalue weighted by molar-refractivity contribution is 0.301. The Hall–Kier alpha value is -0.780. The zero-order valence-electron chi connectivity index (χ0n) is 14.5. The summed E-state index contributed by atoms with van der Waals surface area (Å²) < 4.78 is 0. The molecule has 0 aliphatic heterocycles. The van der Waals surface area contributed by atoms with E-state index in [9.17, 15) is 0 Å². The van der Waals surface area contributed by atoms with Gasteiger partial charge in [0.25, 0.3) is 0 Å². The Balaban J connectivity index is 1.82. The molecule has 2 rings (SSSR count). The second kappa shape index (κ2) is 8.61. The highest BCUT2D eigenvalue weighted by molar-refractivity contribution is 5.31. The van der Waals surface area contributed by atoms with E-state index in [4.69, 9.17) is 0 Å². The molecule has 0 atom stereocenters. The van der Waals surface area contributed by atoms with E-state index in [-0.39, 0.29) is 0 Å². The molecule has 0 heteroatoms. The van der Waals surface area contributed by atoms with Crippen LogP contribution in [0.5, 0.6) is 0 Å². The second-order valence-electron chi connectivity index (χ2n) is 7.16. The first kappa shape index (κ1) is 16.6. The molecular weight excluding hydrogens is 252 g/mol. The second-order valence-corrected chi connectivity index (χ2v) is 7.16. The van der Waals surface area contributed by atoms with Crippen LogP contribution in [0.2, 0.25) is 0 Å². The molecule has 0 spiro atoms. The Morgan fingerprint density at radius 3 is 2.19 bits per heavy atom. The molecular formula is C21H34. The highest BCUT2D eigenvalue weighted by Gasteiger charge is 2.16. The molecule has 0 heterocycles. The van der Waals surface area contributed by atoms with Gasteiger partial charge in [0.15, 0.2) is 0 Å². The van der Waals surface area contributed by atoms with Crippen molar-refractivity contribution in [2.45, 2.75) is 85.0 Å². The van der Waals surface area contributed by atoms with Gasteiger partial charge < -0.3 is 0 Å². The smallest absolute Gasteiger partial charge is 0.0274 e. The molecule has 0 aromatic heterocycles. The molecule has 0 bridgehead atoms. The summed E-state index contributed by atoms with van der Waals surface area (Å²) >= 11 is 0. The minimum absolute atomic E-state index is 0.980. The van der Waals surface area contributed by atoms with Gasteiger partial charge in [-0.25, -0.2) is 0 Å². The number of benzene rings is 1. The van der Waals surface area contributed by atoms with Gasteiger partial charge in [-0.15, -0.1) is 0 Å². The summed E-state index contributed by atoms with van der Waals surface area (Å²) in [6.45, 7) is 6.90. The van der Waals surface area contributed by atoms with E-state index in [0.29, 0.717) is 0 Å². The largest absolute Gasteiger partial charge is 0.0651 e. The summed E-state index contributed by atoms with van der Waals surface area (Å²) in [6, 6.07) is 7.09. The number of rotatable bonds is 5. The SMILES string of the molecule is CCc1ccc(CCC2CCCC(CC)CCC2)c(C)c1. The van der Waals surface area contributed by atoms with E-state index in [1.807, 2.05) is 0 Å². The Kier molecular flexibility index (Phi) is 6.80. The van der Waals surface area contributed by atoms with Crippen molar-refractivity contribution < 1.29 is 0 Å². The Bertz CT molecular complexity index is 408. The van der Waals surface area contributed by atoms with E-state index in [2.05, 4.69) is 39.0 Å². The van der Waals surface area contributed by atoms with E-state index in [0.717, 1.165) is 18.3 Å². The minimum Gasteiger partial charge on any atom is -0.0651 e. The van der Waals surface area contributed by atoms with Crippen molar-refractivity contribution in [3.63, 3.8) is 0 Å². The zero-order chi connectivity index (χ0) is 15.1. The molecule has 1 aromatic carbocycles. The number of hydrogen-bond acceptors (Lipinski definition) is 0. The third-order valence-electron chi connectivity index (χ3n) is 5.66. The predicted molar refractivity (Wildman–Crippen MR) is 93.9 cm³/mol. The van der Waals surface area contributed by atoms with Crippen molar-refractivity contribution in [1.29, 1.82) is 0 Å². The molecule has 0 nitrogen and oxygen atoms in total. The molecule has 0 amide bonds. The van der Waals surface area contributed by atoms with Crippen LogP contribution < -0.4 is 0 Å². The summed E-state index contributed by atoms with van der Waals surface area (Å²) in [5, 5.41) is 0. The summed E-state index contributed by atoms with van der Waals surface area (Å²) in [6.07, 6.45) is 14.1. The van der Waals surface area contributed by atoms with Crippen LogP contribution >= 0.6 is 0 Å². The van der Waals surface area contributed by atoms with Gasteiger partial charge in [-0.2, -0.15) is 0 Å². The maximum Gasteiger partial charge on any atom is -0.0274 e. The Morgan fingerprint density at radius 1 is 0.952 bits per heavy atom. The average Bonchev–Trinajstić information content (AvgIpc) is 2.47. The van der Waals surface area contributed by atoms with E-state index < -0.39 is 0 Å². The predicted octanol–water partition coefficient (Wildman–Crippen LogP) is 6.49. The quantitative estimate of drug-likeness (QED) is 0.580. The van der Waals surface area contributed by atoms with Crippen molar-refractivity contribution in [3.05, 3.63) is 34.9 Å². The van der Waals surface area contributed by atoms with Crippen LogP contribution in [-0.2, 0) is 12.8 Å². The molecule has 1 aliphatic rings. The normalized spacial score (nSPS) is 23.6. The van der Waals surface area contributed by atoms with Gasteiger partial charge in [-0.1, -0.05) is 77.0 Å². The molecule has 1 saturated carbocycles. The summed E-state index contributed by atoms with van der Waals surface area (Å²) in [4.78, 5) is 0. The van der Waals surface area contributed by atoms with Gasteiger partial charge >= 0.3 is 0 Å². The molecule has 0 radical (unpaired) electrons. The fourth-order valence-electron chi connectivity index (χ4n) is 3.99. The van der Waals surface area contributed by atoms with Crippen molar-refractivity contribution in [1.82, 2.24) is 0 Å². The lowest BCUT2D eigenvalue weighted by atomic mass is 9.82. The lowest BCUT2D eigenvalue weighted by Gasteiger charge is -2.24. The molecule has 1 aromatic rings. The maximum atomic E-state index is 2.39. The van der Waals surface area contributed by atoms with E-state index in [1.54, 1.807) is 5.56 Å². The Morgan fingerprint density at radius 2 is 1.62 bits per heavy atom. The molecule has 0 unspecified atom stereocenters. The van der Waals surface area contributed by atoms with E-state index in [1.165, 1.54) is 68.9 Å². The van der Waals surface area contributed by atoms with E-state index >= 15 is 0 Å². The molecule has 21 heavy (non-hydrogen) atoms. The van der Waals surface area contributed by atoms with Gasteiger partial charge in [-0.05, 0) is 54.7 Å². The van der Waals surface area contributed by atoms with Gasteiger partial charge in [0.2, 0.25) is 0 Å². The van der Waals surface area contributed by atoms with Crippen LogP contribution in [-0.4, -0.2) is 0 Å². The topological polar surface area (TPSA) is 0 Å². The summed E-state index contributed by atoms with van der Waals surface area (Å²) in [5.41, 5.74) is 4.57. The van der Waals surface area contributed by atoms with Crippen molar-refractivity contribution in [3.8, 4) is 0 Å². The summed E-state index contributed by atoms with van der Waals surface area (Å²) in [5.74, 6) is 2.00. The van der Waals surface area contributed by atoms with Crippen LogP contribution in [0.25, 0.3) is 0 Å². The first-order valence-electron chi connectivity index (χ1n) is 9.31. The maximum absolute atomic E-state index is 2.39. The molecule has 0 saturated heterocycles. The van der Waals surface area contributed by atoms with Crippen molar-refractivity contribution >= 4 is 0 Å². The van der Waals surface area contributed by atoms with Crippen LogP contribution in [0.15, 0.2) is 18.2 Å². The standard InChI is InChI=1S/C21H34/c1-4-18-8-6-10-20(11-7-9-18)13-15-21-14-12-19(5-2)16-17(21)3/h12,14,16,18,20H,4-11,13,15H2,1-3H3. The zero-order valence-corrected chi connectivity index (χ0v) is 14.5. The third-order valence-corrected chi connectivity index (χ3v) is 5.66. The minimum atomic E-state index is 0.980. The Labute approximate surface area is 132 Å². The van der Waals surface area contributed by atoms with Crippen LogP contribution in [0.1, 0.15) is 81.9 Å². The van der Waals surface area contributed by atoms with Crippen LogP contribution in [0.3, 0.4) is 0 Å². The highest BCUT2D eigenvalue weighted by atomic mass is 14.2. The third kappa shape index (κ3) is 5.16. The van der Waals surface area contributed by atoms with Gasteiger partial charge in [0, 0.05) is 0 Å². The van der Waals surface area contributed by atoms with Gasteiger partial charge in [-0.3, -0.25) is 0 Å².